The number of aliphatic hydroxyl groups is 1. The van der Waals surface area contributed by atoms with E-state index in [1.807, 2.05) is 11.8 Å². The van der Waals surface area contributed by atoms with Gasteiger partial charge in [0, 0.05) is 16.8 Å². The summed E-state index contributed by atoms with van der Waals surface area (Å²) >= 11 is 1.62. The monoisotopic (exact) mass is 534 g/mol. The van der Waals surface area contributed by atoms with Crippen molar-refractivity contribution in [3.8, 4) is 0 Å². The Balaban J connectivity index is 2.09. The highest BCUT2D eigenvalue weighted by Gasteiger charge is 2.78. The molecule has 1 N–H and O–H groups in total. The molecular weight excluding hydrogens is 488 g/mol. The predicted molar refractivity (Wildman–Crippen MR) is 148 cm³/mol. The number of fused-ring (bicyclic) bond motifs is 1. The molecule has 8 heteroatoms. The van der Waals surface area contributed by atoms with Crippen LogP contribution < -0.4 is 0 Å². The third-order valence-electron chi connectivity index (χ3n) is 8.28. The van der Waals surface area contributed by atoms with Gasteiger partial charge in [-0.3, -0.25) is 14.4 Å². The molecule has 1 spiro atoms. The van der Waals surface area contributed by atoms with Gasteiger partial charge in [0.05, 0.1) is 35.8 Å². The molecule has 2 bridgehead atoms. The number of amides is 2. The van der Waals surface area contributed by atoms with Gasteiger partial charge in [-0.1, -0.05) is 32.9 Å². The highest BCUT2D eigenvalue weighted by Crippen LogP contribution is 2.71. The van der Waals surface area contributed by atoms with Crippen LogP contribution in [-0.4, -0.2) is 79.6 Å². The highest BCUT2D eigenvalue weighted by molar-refractivity contribution is 8.02. The standard InChI is InChI=1S/C29H46N2O5S/c1-10-12-16-36-25(35)21-20-23(33)31(19(3)17-32)22(29(20)14-13-28(21,9)37-29)24(34)30(15-11-2)27(7,8)18-26(4,5)6/h10-11,19-22,32H,1-2,12-18H2,3-9H3/t19-,20+,21-,22?,28+,29?/m1/s1. The summed E-state index contributed by atoms with van der Waals surface area (Å²) in [4.78, 5) is 45.6. The maximum atomic E-state index is 14.6. The van der Waals surface area contributed by atoms with Crippen LogP contribution in [0.5, 0.6) is 0 Å². The maximum absolute atomic E-state index is 14.6. The van der Waals surface area contributed by atoms with Crippen molar-refractivity contribution < 1.29 is 24.2 Å². The fraction of sp³-hybridized carbons (Fsp3) is 0.759. The van der Waals surface area contributed by atoms with Crippen molar-refractivity contribution in [2.75, 3.05) is 19.8 Å². The average Bonchev–Trinajstić information content (AvgIpc) is 3.35. The van der Waals surface area contributed by atoms with Crippen molar-refractivity contribution in [1.29, 1.82) is 0 Å². The number of aliphatic hydroxyl groups excluding tert-OH is 1. The molecule has 2 amide bonds. The van der Waals surface area contributed by atoms with Gasteiger partial charge in [-0.2, -0.15) is 0 Å². The van der Waals surface area contributed by atoms with Gasteiger partial charge >= 0.3 is 5.97 Å². The van der Waals surface area contributed by atoms with E-state index < -0.39 is 39.0 Å². The van der Waals surface area contributed by atoms with Crippen LogP contribution in [0, 0.1) is 17.3 Å². The van der Waals surface area contributed by atoms with Gasteiger partial charge in [0.15, 0.2) is 0 Å². The summed E-state index contributed by atoms with van der Waals surface area (Å²) in [5.41, 5.74) is -0.522. The molecule has 3 aliphatic heterocycles. The number of thioether (sulfide) groups is 1. The first-order valence-electron chi connectivity index (χ1n) is 13.4. The average molecular weight is 535 g/mol. The largest absolute Gasteiger partial charge is 0.465 e. The van der Waals surface area contributed by atoms with Gasteiger partial charge in [-0.25, -0.2) is 0 Å². The van der Waals surface area contributed by atoms with Crippen LogP contribution >= 0.6 is 11.8 Å². The molecule has 3 aliphatic rings. The van der Waals surface area contributed by atoms with Gasteiger partial charge in [-0.05, 0) is 58.8 Å². The third-order valence-corrected chi connectivity index (χ3v) is 10.3. The van der Waals surface area contributed by atoms with E-state index in [9.17, 15) is 19.5 Å². The molecule has 3 fully saturated rings. The number of hydrogen-bond acceptors (Lipinski definition) is 6. The minimum atomic E-state index is -0.774. The minimum Gasteiger partial charge on any atom is -0.465 e. The van der Waals surface area contributed by atoms with Crippen LogP contribution in [0.15, 0.2) is 25.3 Å². The lowest BCUT2D eigenvalue weighted by atomic mass is 9.66. The zero-order chi connectivity index (χ0) is 28.0. The first-order chi connectivity index (χ1) is 17.1. The lowest BCUT2D eigenvalue weighted by Crippen LogP contribution is -2.61. The molecule has 0 saturated carbocycles. The molecular formula is C29H46N2O5S. The van der Waals surface area contributed by atoms with Crippen molar-refractivity contribution in [2.24, 2.45) is 17.3 Å². The first kappa shape index (κ1) is 29.8. The van der Waals surface area contributed by atoms with E-state index in [1.165, 1.54) is 0 Å². The first-order valence-corrected chi connectivity index (χ1v) is 14.2. The van der Waals surface area contributed by atoms with Crippen LogP contribution in [0.3, 0.4) is 0 Å². The molecule has 6 atom stereocenters. The van der Waals surface area contributed by atoms with E-state index in [0.717, 1.165) is 12.8 Å². The van der Waals surface area contributed by atoms with Crippen LogP contribution in [0.2, 0.25) is 0 Å². The Kier molecular flexibility index (Phi) is 8.36. The fourth-order valence-electron chi connectivity index (χ4n) is 7.20. The second-order valence-electron chi connectivity index (χ2n) is 13.0. The van der Waals surface area contributed by atoms with Crippen molar-refractivity contribution in [3.05, 3.63) is 25.3 Å². The van der Waals surface area contributed by atoms with E-state index in [-0.39, 0.29) is 36.4 Å². The Bertz CT molecular complexity index is 943. The Labute approximate surface area is 227 Å². The van der Waals surface area contributed by atoms with Crippen LogP contribution in [-0.2, 0) is 19.1 Å². The molecule has 3 rings (SSSR count). The Morgan fingerprint density at radius 1 is 1.24 bits per heavy atom. The zero-order valence-corrected chi connectivity index (χ0v) is 24.5. The number of rotatable bonds is 11. The number of carbonyl (C=O) groups is 3. The highest BCUT2D eigenvalue weighted by atomic mass is 32.2. The molecule has 37 heavy (non-hydrogen) atoms. The summed E-state index contributed by atoms with van der Waals surface area (Å²) in [6.45, 7) is 22.3. The molecule has 0 aromatic heterocycles. The van der Waals surface area contributed by atoms with Gasteiger partial charge in [-0.15, -0.1) is 24.9 Å². The zero-order valence-electron chi connectivity index (χ0n) is 23.7. The van der Waals surface area contributed by atoms with Gasteiger partial charge in [0.1, 0.15) is 6.04 Å². The summed E-state index contributed by atoms with van der Waals surface area (Å²) in [6.07, 6.45) is 6.11. The molecule has 3 heterocycles. The third kappa shape index (κ3) is 5.12. The van der Waals surface area contributed by atoms with Crippen molar-refractivity contribution in [1.82, 2.24) is 9.80 Å². The van der Waals surface area contributed by atoms with E-state index in [2.05, 4.69) is 47.8 Å². The number of ether oxygens (including phenoxy) is 1. The Morgan fingerprint density at radius 3 is 2.43 bits per heavy atom. The molecule has 0 aromatic rings. The lowest BCUT2D eigenvalue weighted by molar-refractivity contribution is -0.156. The van der Waals surface area contributed by atoms with Gasteiger partial charge in [0.25, 0.3) is 0 Å². The maximum Gasteiger partial charge on any atom is 0.311 e. The predicted octanol–water partition coefficient (Wildman–Crippen LogP) is 4.20. The lowest BCUT2D eigenvalue weighted by Gasteiger charge is -2.46. The number of esters is 1. The summed E-state index contributed by atoms with van der Waals surface area (Å²) in [5, 5.41) is 10.1. The smallest absolute Gasteiger partial charge is 0.311 e. The van der Waals surface area contributed by atoms with Crippen molar-refractivity contribution in [2.45, 2.75) is 101 Å². The summed E-state index contributed by atoms with van der Waals surface area (Å²) in [6, 6.07) is -1.33. The molecule has 0 aliphatic carbocycles. The molecule has 3 saturated heterocycles. The fourth-order valence-corrected chi connectivity index (χ4v) is 9.53. The van der Waals surface area contributed by atoms with E-state index in [4.69, 9.17) is 4.74 Å². The molecule has 2 unspecified atom stereocenters. The summed E-state index contributed by atoms with van der Waals surface area (Å²) in [7, 11) is 0. The Hall–Kier alpha value is -1.80. The van der Waals surface area contributed by atoms with E-state index in [0.29, 0.717) is 19.4 Å². The number of hydrogen-bond donors (Lipinski definition) is 1. The van der Waals surface area contributed by atoms with Gasteiger partial charge in [0.2, 0.25) is 11.8 Å². The molecule has 0 radical (unpaired) electrons. The molecule has 0 aromatic carbocycles. The quantitative estimate of drug-likeness (QED) is 0.243. The van der Waals surface area contributed by atoms with Crippen molar-refractivity contribution in [3.63, 3.8) is 0 Å². The normalized spacial score (nSPS) is 31.7. The van der Waals surface area contributed by atoms with Gasteiger partial charge < -0.3 is 19.6 Å². The summed E-state index contributed by atoms with van der Waals surface area (Å²) < 4.78 is 4.37. The second kappa shape index (κ2) is 10.4. The van der Waals surface area contributed by atoms with Crippen LogP contribution in [0.4, 0.5) is 0 Å². The molecule has 208 valence electrons. The Morgan fingerprint density at radius 2 is 1.89 bits per heavy atom. The SMILES string of the molecule is C=CCCOC(=O)[C@H]1[C@H]2C(=O)N([C@H](C)CO)C(C(=O)N(CC=C)C(C)(C)CC(C)(C)C)C23CC[C@]1(C)S3. The second-order valence-corrected chi connectivity index (χ2v) is 14.9. The van der Waals surface area contributed by atoms with E-state index >= 15 is 0 Å². The van der Waals surface area contributed by atoms with Crippen LogP contribution in [0.1, 0.15) is 74.1 Å². The summed E-state index contributed by atoms with van der Waals surface area (Å²) in [5.74, 6) is -2.04. The van der Waals surface area contributed by atoms with Crippen molar-refractivity contribution >= 4 is 29.5 Å². The number of nitrogens with zero attached hydrogens (tertiary/aromatic N) is 2. The minimum absolute atomic E-state index is 0.0259. The number of carbonyl (C=O) groups excluding carboxylic acids is 3. The van der Waals surface area contributed by atoms with Crippen LogP contribution in [0.25, 0.3) is 0 Å². The molecule has 7 nitrogen and oxygen atoms in total. The topological polar surface area (TPSA) is 87.1 Å². The number of likely N-dealkylation sites (tertiary alicyclic amines) is 1. The van der Waals surface area contributed by atoms with E-state index in [1.54, 1.807) is 35.7 Å².